The minimum absolute atomic E-state index is 0.0585. The van der Waals surface area contributed by atoms with Gasteiger partial charge in [-0.15, -0.1) is 0 Å². The van der Waals surface area contributed by atoms with Crippen LogP contribution in [0.15, 0.2) is 12.2 Å². The Labute approximate surface area is 273 Å². The van der Waals surface area contributed by atoms with Crippen molar-refractivity contribution in [3.05, 3.63) is 12.2 Å². The predicted molar refractivity (Wildman–Crippen MR) is 186 cm³/mol. The second kappa shape index (κ2) is 34.3. The highest BCUT2D eigenvalue weighted by molar-refractivity contribution is 5.66. The Morgan fingerprint density at radius 1 is 0.591 bits per heavy atom. The van der Waals surface area contributed by atoms with Crippen molar-refractivity contribution in [2.24, 2.45) is 0 Å². The molecular formula is C38H73NO5. The van der Waals surface area contributed by atoms with E-state index in [4.69, 9.17) is 14.2 Å². The van der Waals surface area contributed by atoms with E-state index in [1.54, 1.807) is 0 Å². The smallest absolute Gasteiger partial charge is 0.462 e. The minimum atomic E-state index is -0.521. The van der Waals surface area contributed by atoms with Crippen LogP contribution in [0.2, 0.25) is 0 Å². The number of unbranched alkanes of at least 4 members (excludes halogenated alkanes) is 21. The molecule has 0 aliphatic rings. The molecule has 0 aliphatic carbocycles. The topological polar surface area (TPSA) is 65.1 Å². The van der Waals surface area contributed by atoms with Crippen LogP contribution in [-0.4, -0.2) is 57.0 Å². The fraction of sp³-hybridized carbons (Fsp3) is 0.895. The molecule has 0 aliphatic heterocycles. The van der Waals surface area contributed by atoms with Crippen LogP contribution in [0.25, 0.3) is 0 Å². The number of allylic oxidation sites excluding steroid dienone is 1. The summed E-state index contributed by atoms with van der Waals surface area (Å²) in [5.41, 5.74) is 0. The van der Waals surface area contributed by atoms with Gasteiger partial charge in [0, 0.05) is 19.9 Å². The lowest BCUT2D eigenvalue weighted by Gasteiger charge is -2.15. The zero-order chi connectivity index (χ0) is 32.4. The Balaban J connectivity index is 3.33. The average molecular weight is 624 g/mol. The highest BCUT2D eigenvalue weighted by Crippen LogP contribution is 2.16. The Morgan fingerprint density at radius 2 is 1.05 bits per heavy atom. The molecule has 6 nitrogen and oxygen atoms in total. The standard InChI is InChI=1S/C38H73NO5/c1-5-6-7-27-31-37(44-36(2)40)32-28-25-23-21-19-17-15-13-11-9-8-10-12-14-16-18-20-22-24-26-29-34-42-38(41)43-35-30-33-39(3)4/h25,28,37H,5-24,26-27,29-35H2,1-4H3. The fourth-order valence-corrected chi connectivity index (χ4v) is 5.55. The quantitative estimate of drug-likeness (QED) is 0.0412. The number of rotatable bonds is 33. The van der Waals surface area contributed by atoms with Gasteiger partial charge in [-0.2, -0.15) is 0 Å². The molecule has 0 bridgehead atoms. The zero-order valence-corrected chi connectivity index (χ0v) is 29.7. The molecule has 0 fully saturated rings. The maximum absolute atomic E-state index is 11.5. The summed E-state index contributed by atoms with van der Waals surface area (Å²) in [6.45, 7) is 5.57. The molecule has 6 heteroatoms. The summed E-state index contributed by atoms with van der Waals surface area (Å²) in [7, 11) is 4.02. The molecule has 0 aromatic heterocycles. The van der Waals surface area contributed by atoms with Crippen LogP contribution in [-0.2, 0) is 19.0 Å². The molecule has 0 N–H and O–H groups in total. The van der Waals surface area contributed by atoms with Gasteiger partial charge in [-0.05, 0) is 52.6 Å². The molecule has 0 rings (SSSR count). The third-order valence-electron chi connectivity index (χ3n) is 8.23. The maximum atomic E-state index is 11.5. The molecule has 0 amide bonds. The number of carbonyl (C=O) groups excluding carboxylic acids is 2. The lowest BCUT2D eigenvalue weighted by molar-refractivity contribution is -0.146. The number of carbonyl (C=O) groups is 2. The van der Waals surface area contributed by atoms with Crippen LogP contribution in [0.1, 0.15) is 181 Å². The van der Waals surface area contributed by atoms with Crippen LogP contribution in [0, 0.1) is 0 Å². The van der Waals surface area contributed by atoms with E-state index in [9.17, 15) is 9.59 Å². The fourth-order valence-electron chi connectivity index (χ4n) is 5.55. The van der Waals surface area contributed by atoms with Gasteiger partial charge in [0.15, 0.2) is 0 Å². The highest BCUT2D eigenvalue weighted by atomic mass is 16.7. The van der Waals surface area contributed by atoms with Crippen LogP contribution < -0.4 is 0 Å². The molecule has 0 saturated carbocycles. The SMILES string of the molecule is CCCCCCC(CC=CCCCCCCCCCCCCCCCCCCCCOC(=O)OCCCN(C)C)OC(C)=O. The minimum Gasteiger partial charge on any atom is -0.462 e. The average Bonchev–Trinajstić information content (AvgIpc) is 2.99. The summed E-state index contributed by atoms with van der Waals surface area (Å²) in [6, 6.07) is 0. The first-order valence-corrected chi connectivity index (χ1v) is 18.7. The Kier molecular flexibility index (Phi) is 33.1. The molecule has 0 radical (unpaired) electrons. The van der Waals surface area contributed by atoms with Gasteiger partial charge in [0.2, 0.25) is 0 Å². The van der Waals surface area contributed by atoms with Gasteiger partial charge in [0.05, 0.1) is 13.2 Å². The zero-order valence-electron chi connectivity index (χ0n) is 29.7. The molecule has 0 spiro atoms. The van der Waals surface area contributed by atoms with Crippen LogP contribution in [0.5, 0.6) is 0 Å². The van der Waals surface area contributed by atoms with E-state index >= 15 is 0 Å². The summed E-state index contributed by atoms with van der Waals surface area (Å²) in [5.74, 6) is -0.152. The third kappa shape index (κ3) is 34.9. The maximum Gasteiger partial charge on any atom is 0.508 e. The van der Waals surface area contributed by atoms with Crippen molar-refractivity contribution in [1.29, 1.82) is 0 Å². The van der Waals surface area contributed by atoms with Crippen molar-refractivity contribution >= 4 is 12.1 Å². The third-order valence-corrected chi connectivity index (χ3v) is 8.23. The monoisotopic (exact) mass is 624 g/mol. The lowest BCUT2D eigenvalue weighted by Crippen LogP contribution is -2.16. The van der Waals surface area contributed by atoms with E-state index in [1.165, 1.54) is 129 Å². The number of esters is 1. The van der Waals surface area contributed by atoms with Crippen molar-refractivity contribution in [1.82, 2.24) is 4.90 Å². The van der Waals surface area contributed by atoms with Gasteiger partial charge >= 0.3 is 12.1 Å². The summed E-state index contributed by atoms with van der Waals surface area (Å²) < 4.78 is 15.7. The largest absolute Gasteiger partial charge is 0.508 e. The number of hydrogen-bond donors (Lipinski definition) is 0. The first-order valence-electron chi connectivity index (χ1n) is 18.7. The number of nitrogens with zero attached hydrogens (tertiary/aromatic N) is 1. The van der Waals surface area contributed by atoms with E-state index in [2.05, 4.69) is 24.0 Å². The summed E-state index contributed by atoms with van der Waals surface area (Å²) in [5, 5.41) is 0. The molecule has 1 atom stereocenters. The molecule has 0 heterocycles. The van der Waals surface area contributed by atoms with Crippen LogP contribution in [0.4, 0.5) is 4.79 Å². The van der Waals surface area contributed by atoms with Gasteiger partial charge in [-0.3, -0.25) is 4.79 Å². The van der Waals surface area contributed by atoms with Gasteiger partial charge < -0.3 is 19.1 Å². The number of ether oxygens (including phenoxy) is 3. The van der Waals surface area contributed by atoms with E-state index in [-0.39, 0.29) is 12.1 Å². The van der Waals surface area contributed by atoms with Crippen molar-refractivity contribution in [3.8, 4) is 0 Å². The van der Waals surface area contributed by atoms with E-state index < -0.39 is 6.16 Å². The van der Waals surface area contributed by atoms with E-state index in [1.807, 2.05) is 14.1 Å². The summed E-state index contributed by atoms with van der Waals surface area (Å²) in [6.07, 6.45) is 36.6. The first-order chi connectivity index (χ1) is 21.5. The molecule has 0 saturated heterocycles. The van der Waals surface area contributed by atoms with Gasteiger partial charge in [-0.1, -0.05) is 141 Å². The van der Waals surface area contributed by atoms with Crippen molar-refractivity contribution in [3.63, 3.8) is 0 Å². The van der Waals surface area contributed by atoms with E-state index in [0.29, 0.717) is 13.2 Å². The van der Waals surface area contributed by atoms with E-state index in [0.717, 1.165) is 51.5 Å². The first kappa shape index (κ1) is 42.4. The van der Waals surface area contributed by atoms with Crippen molar-refractivity contribution < 1.29 is 23.8 Å². The van der Waals surface area contributed by atoms with Crippen molar-refractivity contribution in [2.45, 2.75) is 187 Å². The molecular weight excluding hydrogens is 550 g/mol. The summed E-state index contributed by atoms with van der Waals surface area (Å²) in [4.78, 5) is 24.9. The Bertz CT molecular complexity index is 651. The van der Waals surface area contributed by atoms with Gasteiger partial charge in [0.1, 0.15) is 6.10 Å². The number of hydrogen-bond acceptors (Lipinski definition) is 6. The molecule has 260 valence electrons. The molecule has 0 aromatic carbocycles. The Hall–Kier alpha value is -1.56. The second-order valence-corrected chi connectivity index (χ2v) is 13.0. The Morgan fingerprint density at radius 3 is 1.52 bits per heavy atom. The normalized spacial score (nSPS) is 12.2. The molecule has 44 heavy (non-hydrogen) atoms. The summed E-state index contributed by atoms with van der Waals surface area (Å²) >= 11 is 0. The highest BCUT2D eigenvalue weighted by Gasteiger charge is 2.09. The van der Waals surface area contributed by atoms with Crippen LogP contribution in [0.3, 0.4) is 0 Å². The van der Waals surface area contributed by atoms with Gasteiger partial charge in [0.25, 0.3) is 0 Å². The molecule has 1 unspecified atom stereocenters. The predicted octanol–water partition coefficient (Wildman–Crippen LogP) is 11.4. The van der Waals surface area contributed by atoms with Gasteiger partial charge in [-0.25, -0.2) is 4.79 Å². The van der Waals surface area contributed by atoms with Crippen molar-refractivity contribution in [2.75, 3.05) is 33.9 Å². The second-order valence-electron chi connectivity index (χ2n) is 13.0. The molecule has 0 aromatic rings. The lowest BCUT2D eigenvalue weighted by atomic mass is 10.0. The van der Waals surface area contributed by atoms with Crippen LogP contribution >= 0.6 is 0 Å².